The molecule has 0 aliphatic heterocycles. The lowest BCUT2D eigenvalue weighted by Gasteiger charge is -2.22. The second kappa shape index (κ2) is 8.76. The highest BCUT2D eigenvalue weighted by Gasteiger charge is 2.24. The molecule has 7 heteroatoms. The van der Waals surface area contributed by atoms with Crippen LogP contribution in [0.2, 0.25) is 5.02 Å². The molecule has 0 saturated heterocycles. The summed E-state index contributed by atoms with van der Waals surface area (Å²) in [4.78, 5) is 24.7. The molecule has 0 heterocycles. The quantitative estimate of drug-likeness (QED) is 0.803. The van der Waals surface area contributed by atoms with Gasteiger partial charge in [0.15, 0.2) is 0 Å². The van der Waals surface area contributed by atoms with Gasteiger partial charge in [0.2, 0.25) is 5.91 Å². The smallest absolute Gasteiger partial charge is 0.251 e. The molecule has 1 atom stereocenters. The van der Waals surface area contributed by atoms with Crippen molar-refractivity contribution < 1.29 is 18.4 Å². The Balaban J connectivity index is 2.03. The average Bonchev–Trinajstić information content (AvgIpc) is 2.60. The summed E-state index contributed by atoms with van der Waals surface area (Å²) in [5, 5.41) is 5.68. The van der Waals surface area contributed by atoms with Gasteiger partial charge < -0.3 is 10.6 Å². The number of benzene rings is 2. The lowest BCUT2D eigenvalue weighted by Crippen LogP contribution is -2.49. The zero-order valence-electron chi connectivity index (χ0n) is 14.4. The minimum absolute atomic E-state index is 0.0323. The minimum atomic E-state index is -0.824. The molecule has 0 bridgehead atoms. The number of carbonyl (C=O) groups excluding carboxylic acids is 2. The van der Waals surface area contributed by atoms with E-state index >= 15 is 0 Å². The van der Waals surface area contributed by atoms with Crippen LogP contribution in [0.25, 0.3) is 0 Å². The summed E-state index contributed by atoms with van der Waals surface area (Å²) in [5.41, 5.74) is 0.397. The summed E-state index contributed by atoms with van der Waals surface area (Å²) in [7, 11) is 0. The van der Waals surface area contributed by atoms with Crippen LogP contribution in [0.15, 0.2) is 42.5 Å². The normalized spacial score (nSPS) is 11.9. The fourth-order valence-electron chi connectivity index (χ4n) is 2.33. The maximum Gasteiger partial charge on any atom is 0.251 e. The van der Waals surface area contributed by atoms with Crippen molar-refractivity contribution in [1.29, 1.82) is 0 Å². The maximum atomic E-state index is 13.6. The molecule has 4 nitrogen and oxygen atoms in total. The number of halogens is 3. The molecule has 138 valence electrons. The summed E-state index contributed by atoms with van der Waals surface area (Å²) in [6.45, 7) is 3.37. The van der Waals surface area contributed by atoms with Crippen LogP contribution in [0, 0.1) is 17.6 Å². The second-order valence-corrected chi connectivity index (χ2v) is 6.59. The predicted molar refractivity (Wildman–Crippen MR) is 95.7 cm³/mol. The van der Waals surface area contributed by atoms with E-state index in [4.69, 9.17) is 11.6 Å². The number of hydrogen-bond donors (Lipinski definition) is 2. The SMILES string of the molecule is CC(C)C(NC(=O)c1ccc(Cl)cc1)C(=O)NCc1cc(F)ccc1F. The molecule has 0 radical (unpaired) electrons. The molecule has 2 N–H and O–H groups in total. The Bertz CT molecular complexity index is 795. The number of carbonyl (C=O) groups is 2. The number of rotatable bonds is 6. The van der Waals surface area contributed by atoms with E-state index in [1.165, 1.54) is 0 Å². The zero-order valence-corrected chi connectivity index (χ0v) is 15.1. The van der Waals surface area contributed by atoms with Crippen molar-refractivity contribution in [2.75, 3.05) is 0 Å². The third-order valence-corrected chi connectivity index (χ3v) is 4.05. The number of nitrogens with one attached hydrogen (secondary N) is 2. The Labute approximate surface area is 155 Å². The lowest BCUT2D eigenvalue weighted by molar-refractivity contribution is -0.124. The summed E-state index contributed by atoms with van der Waals surface area (Å²) < 4.78 is 26.8. The van der Waals surface area contributed by atoms with Gasteiger partial charge >= 0.3 is 0 Å². The van der Waals surface area contributed by atoms with Gasteiger partial charge in [0.05, 0.1) is 0 Å². The molecule has 0 spiro atoms. The van der Waals surface area contributed by atoms with Gasteiger partial charge in [0.1, 0.15) is 17.7 Å². The predicted octanol–water partition coefficient (Wildman–Crippen LogP) is 3.69. The van der Waals surface area contributed by atoms with E-state index in [1.807, 2.05) is 0 Å². The zero-order chi connectivity index (χ0) is 19.3. The van der Waals surface area contributed by atoms with Crippen LogP contribution in [0.4, 0.5) is 8.78 Å². The van der Waals surface area contributed by atoms with E-state index in [-0.39, 0.29) is 18.0 Å². The Morgan fingerprint density at radius 2 is 1.73 bits per heavy atom. The third-order valence-electron chi connectivity index (χ3n) is 3.80. The van der Waals surface area contributed by atoms with Crippen LogP contribution >= 0.6 is 11.6 Å². The summed E-state index contributed by atoms with van der Waals surface area (Å²) in [5.74, 6) is -2.31. The molecule has 2 aromatic rings. The second-order valence-electron chi connectivity index (χ2n) is 6.16. The van der Waals surface area contributed by atoms with Crippen LogP contribution in [0.5, 0.6) is 0 Å². The molecule has 2 aromatic carbocycles. The molecule has 0 fully saturated rings. The van der Waals surface area contributed by atoms with E-state index < -0.39 is 29.5 Å². The summed E-state index contributed by atoms with van der Waals surface area (Å²) in [6.07, 6.45) is 0. The van der Waals surface area contributed by atoms with Gasteiger partial charge in [0.25, 0.3) is 5.91 Å². The van der Waals surface area contributed by atoms with Crippen molar-refractivity contribution in [2.45, 2.75) is 26.4 Å². The highest BCUT2D eigenvalue weighted by molar-refractivity contribution is 6.30. The topological polar surface area (TPSA) is 58.2 Å². The van der Waals surface area contributed by atoms with Crippen LogP contribution in [0.3, 0.4) is 0 Å². The van der Waals surface area contributed by atoms with Gasteiger partial charge in [-0.15, -0.1) is 0 Å². The summed E-state index contributed by atoms with van der Waals surface area (Å²) >= 11 is 5.79. The van der Waals surface area contributed by atoms with Crippen molar-refractivity contribution in [2.24, 2.45) is 5.92 Å². The molecular weight excluding hydrogens is 362 g/mol. The van der Waals surface area contributed by atoms with Crippen molar-refractivity contribution in [3.63, 3.8) is 0 Å². The highest BCUT2D eigenvalue weighted by atomic mass is 35.5. The van der Waals surface area contributed by atoms with E-state index in [9.17, 15) is 18.4 Å². The molecule has 2 amide bonds. The average molecular weight is 381 g/mol. The molecule has 0 aliphatic rings. The van der Waals surface area contributed by atoms with Crippen LogP contribution in [-0.2, 0) is 11.3 Å². The molecule has 26 heavy (non-hydrogen) atoms. The van der Waals surface area contributed by atoms with Gasteiger partial charge in [-0.25, -0.2) is 8.78 Å². The van der Waals surface area contributed by atoms with E-state index in [1.54, 1.807) is 38.1 Å². The van der Waals surface area contributed by atoms with Crippen molar-refractivity contribution in [3.8, 4) is 0 Å². The first-order valence-electron chi connectivity index (χ1n) is 8.06. The Hall–Kier alpha value is -2.47. The Morgan fingerprint density at radius 1 is 1.08 bits per heavy atom. The van der Waals surface area contributed by atoms with Crippen LogP contribution in [-0.4, -0.2) is 17.9 Å². The van der Waals surface area contributed by atoms with E-state index in [2.05, 4.69) is 10.6 Å². The summed E-state index contributed by atoms with van der Waals surface area (Å²) in [6, 6.07) is 8.45. The Morgan fingerprint density at radius 3 is 2.35 bits per heavy atom. The first kappa shape index (κ1) is 19.8. The molecule has 0 aromatic heterocycles. The van der Waals surface area contributed by atoms with Gasteiger partial charge in [0, 0.05) is 22.7 Å². The fraction of sp³-hybridized carbons (Fsp3) is 0.263. The van der Waals surface area contributed by atoms with Crippen molar-refractivity contribution in [1.82, 2.24) is 10.6 Å². The molecular formula is C19H19ClF2N2O2. The minimum Gasteiger partial charge on any atom is -0.350 e. The fourth-order valence-corrected chi connectivity index (χ4v) is 2.46. The van der Waals surface area contributed by atoms with Crippen LogP contribution < -0.4 is 10.6 Å². The number of hydrogen-bond acceptors (Lipinski definition) is 2. The van der Waals surface area contributed by atoms with Gasteiger partial charge in [-0.2, -0.15) is 0 Å². The first-order valence-corrected chi connectivity index (χ1v) is 8.44. The molecule has 0 aliphatic carbocycles. The third kappa shape index (κ3) is 5.26. The highest BCUT2D eigenvalue weighted by Crippen LogP contribution is 2.12. The van der Waals surface area contributed by atoms with Crippen LogP contribution in [0.1, 0.15) is 29.8 Å². The molecule has 2 rings (SSSR count). The van der Waals surface area contributed by atoms with Gasteiger partial charge in [-0.05, 0) is 48.4 Å². The standard InChI is InChI=1S/C19H19ClF2N2O2/c1-11(2)17(24-18(25)12-3-5-14(20)6-4-12)19(26)23-10-13-9-15(21)7-8-16(13)22/h3-9,11,17H,10H2,1-2H3,(H,23,26)(H,24,25). The lowest BCUT2D eigenvalue weighted by atomic mass is 10.0. The van der Waals surface area contributed by atoms with Gasteiger partial charge in [-0.1, -0.05) is 25.4 Å². The van der Waals surface area contributed by atoms with Crippen molar-refractivity contribution in [3.05, 3.63) is 70.2 Å². The monoisotopic (exact) mass is 380 g/mol. The van der Waals surface area contributed by atoms with Gasteiger partial charge in [-0.3, -0.25) is 9.59 Å². The largest absolute Gasteiger partial charge is 0.350 e. The molecule has 1 unspecified atom stereocenters. The molecule has 0 saturated carbocycles. The number of amides is 2. The van der Waals surface area contributed by atoms with E-state index in [0.717, 1.165) is 18.2 Å². The van der Waals surface area contributed by atoms with Crippen molar-refractivity contribution >= 4 is 23.4 Å². The first-order chi connectivity index (χ1) is 12.3. The van der Waals surface area contributed by atoms with E-state index in [0.29, 0.717) is 10.6 Å². The Kier molecular flexibility index (Phi) is 6.69. The maximum absolute atomic E-state index is 13.6.